The van der Waals surface area contributed by atoms with Gasteiger partial charge in [0, 0.05) is 11.8 Å². The van der Waals surface area contributed by atoms with Gasteiger partial charge in [0.25, 0.3) is 0 Å². The zero-order valence-electron chi connectivity index (χ0n) is 9.16. The molecule has 15 heavy (non-hydrogen) atoms. The van der Waals surface area contributed by atoms with Gasteiger partial charge in [-0.15, -0.1) is 0 Å². The van der Waals surface area contributed by atoms with Crippen molar-refractivity contribution in [2.75, 3.05) is 11.9 Å². The molecule has 0 aromatic heterocycles. The van der Waals surface area contributed by atoms with Crippen molar-refractivity contribution in [3.63, 3.8) is 0 Å². The summed E-state index contributed by atoms with van der Waals surface area (Å²) in [7, 11) is 0. The summed E-state index contributed by atoms with van der Waals surface area (Å²) in [5.41, 5.74) is 0.925. The van der Waals surface area contributed by atoms with E-state index in [-0.39, 0.29) is 6.04 Å². The molecule has 0 saturated carbocycles. The van der Waals surface area contributed by atoms with Crippen LogP contribution in [0.2, 0.25) is 0 Å². The summed E-state index contributed by atoms with van der Waals surface area (Å²) < 4.78 is 5.37. The molecule has 0 saturated heterocycles. The van der Waals surface area contributed by atoms with Crippen molar-refractivity contribution in [3.8, 4) is 11.8 Å². The van der Waals surface area contributed by atoms with Crippen molar-refractivity contribution in [2.24, 2.45) is 0 Å². The van der Waals surface area contributed by atoms with Crippen LogP contribution in [-0.2, 0) is 0 Å². The molecule has 0 bridgehead atoms. The Morgan fingerprint density at radius 1 is 1.47 bits per heavy atom. The maximum absolute atomic E-state index is 8.82. The van der Waals surface area contributed by atoms with Crippen molar-refractivity contribution in [1.29, 1.82) is 5.26 Å². The Morgan fingerprint density at radius 2 is 2.27 bits per heavy atom. The average molecular weight is 204 g/mol. The number of rotatable bonds is 5. The minimum atomic E-state index is -0.137. The summed E-state index contributed by atoms with van der Waals surface area (Å²) in [5, 5.41) is 12.0. The van der Waals surface area contributed by atoms with E-state index in [0.717, 1.165) is 17.9 Å². The van der Waals surface area contributed by atoms with Gasteiger partial charge in [-0.25, -0.2) is 0 Å². The van der Waals surface area contributed by atoms with Gasteiger partial charge in [0.1, 0.15) is 11.8 Å². The van der Waals surface area contributed by atoms with Crippen LogP contribution in [0, 0.1) is 11.3 Å². The maximum atomic E-state index is 8.82. The second-order valence-electron chi connectivity index (χ2n) is 3.20. The van der Waals surface area contributed by atoms with Crippen LogP contribution < -0.4 is 10.1 Å². The lowest BCUT2D eigenvalue weighted by molar-refractivity contribution is 0.340. The molecule has 0 fully saturated rings. The molecule has 0 heterocycles. The number of ether oxygens (including phenoxy) is 1. The first-order chi connectivity index (χ1) is 7.30. The standard InChI is InChI=1S/C12H16N2O/c1-3-10(9-13)14-11-6-5-7-12(8-11)15-4-2/h5-8,10,14H,3-4H2,1-2H3. The molecule has 1 rings (SSSR count). The molecule has 3 heteroatoms. The van der Waals surface area contributed by atoms with E-state index in [1.807, 2.05) is 38.1 Å². The summed E-state index contributed by atoms with van der Waals surface area (Å²) in [6.07, 6.45) is 0.787. The fourth-order valence-corrected chi connectivity index (χ4v) is 1.27. The van der Waals surface area contributed by atoms with E-state index < -0.39 is 0 Å². The number of anilines is 1. The van der Waals surface area contributed by atoms with E-state index in [1.165, 1.54) is 0 Å². The van der Waals surface area contributed by atoms with Gasteiger partial charge in [-0.1, -0.05) is 13.0 Å². The summed E-state index contributed by atoms with van der Waals surface area (Å²) in [6, 6.07) is 9.72. The first kappa shape index (κ1) is 11.4. The second-order valence-corrected chi connectivity index (χ2v) is 3.20. The lowest BCUT2D eigenvalue weighted by Crippen LogP contribution is -2.15. The van der Waals surface area contributed by atoms with Gasteiger partial charge < -0.3 is 10.1 Å². The number of hydrogen-bond donors (Lipinski definition) is 1. The third-order valence-corrected chi connectivity index (χ3v) is 2.05. The molecule has 0 spiro atoms. The normalized spacial score (nSPS) is 11.5. The van der Waals surface area contributed by atoms with Crippen LogP contribution in [-0.4, -0.2) is 12.6 Å². The van der Waals surface area contributed by atoms with Crippen molar-refractivity contribution in [1.82, 2.24) is 0 Å². The number of nitriles is 1. The molecule has 1 atom stereocenters. The highest BCUT2D eigenvalue weighted by Gasteiger charge is 2.03. The summed E-state index contributed by atoms with van der Waals surface area (Å²) in [5.74, 6) is 0.829. The van der Waals surface area contributed by atoms with Crippen molar-refractivity contribution >= 4 is 5.69 Å². The first-order valence-electron chi connectivity index (χ1n) is 5.19. The molecule has 80 valence electrons. The highest BCUT2D eigenvalue weighted by molar-refractivity contribution is 5.49. The fraction of sp³-hybridized carbons (Fsp3) is 0.417. The minimum Gasteiger partial charge on any atom is -0.494 e. The van der Waals surface area contributed by atoms with E-state index in [4.69, 9.17) is 10.00 Å². The molecule has 0 aliphatic heterocycles. The van der Waals surface area contributed by atoms with Crippen LogP contribution in [0.4, 0.5) is 5.69 Å². The molecule has 1 aromatic rings. The number of nitrogens with one attached hydrogen (secondary N) is 1. The molecule has 1 unspecified atom stereocenters. The molecule has 0 aliphatic rings. The highest BCUT2D eigenvalue weighted by atomic mass is 16.5. The van der Waals surface area contributed by atoms with Gasteiger partial charge in [-0.05, 0) is 25.5 Å². The third-order valence-electron chi connectivity index (χ3n) is 2.05. The molecule has 1 N–H and O–H groups in total. The quantitative estimate of drug-likeness (QED) is 0.802. The summed E-state index contributed by atoms with van der Waals surface area (Å²) >= 11 is 0. The number of benzene rings is 1. The Labute approximate surface area is 90.7 Å². The Bertz CT molecular complexity index is 344. The lowest BCUT2D eigenvalue weighted by Gasteiger charge is -2.11. The molecule has 3 nitrogen and oxygen atoms in total. The summed E-state index contributed by atoms with van der Waals surface area (Å²) in [4.78, 5) is 0. The summed E-state index contributed by atoms with van der Waals surface area (Å²) in [6.45, 7) is 4.58. The maximum Gasteiger partial charge on any atom is 0.121 e. The minimum absolute atomic E-state index is 0.137. The fourth-order valence-electron chi connectivity index (χ4n) is 1.27. The van der Waals surface area contributed by atoms with Crippen LogP contribution in [0.25, 0.3) is 0 Å². The van der Waals surface area contributed by atoms with Gasteiger partial charge in [-0.3, -0.25) is 0 Å². The largest absolute Gasteiger partial charge is 0.494 e. The molecule has 0 aliphatic carbocycles. The van der Waals surface area contributed by atoms with Crippen LogP contribution in [0.1, 0.15) is 20.3 Å². The zero-order chi connectivity index (χ0) is 11.1. The molecular weight excluding hydrogens is 188 g/mol. The molecule has 0 amide bonds. The van der Waals surface area contributed by atoms with Crippen molar-refractivity contribution in [2.45, 2.75) is 26.3 Å². The first-order valence-corrected chi connectivity index (χ1v) is 5.19. The third kappa shape index (κ3) is 3.51. The SMILES string of the molecule is CCOc1cccc(NC(C#N)CC)c1. The van der Waals surface area contributed by atoms with E-state index in [2.05, 4.69) is 11.4 Å². The predicted octanol–water partition coefficient (Wildman–Crippen LogP) is 2.80. The zero-order valence-corrected chi connectivity index (χ0v) is 9.16. The Morgan fingerprint density at radius 3 is 2.87 bits per heavy atom. The van der Waals surface area contributed by atoms with E-state index in [1.54, 1.807) is 0 Å². The smallest absolute Gasteiger partial charge is 0.121 e. The van der Waals surface area contributed by atoms with Gasteiger partial charge in [0.15, 0.2) is 0 Å². The Balaban J connectivity index is 2.69. The van der Waals surface area contributed by atoms with E-state index >= 15 is 0 Å². The molecule has 0 radical (unpaired) electrons. The Kier molecular flexibility index (Phi) is 4.49. The van der Waals surface area contributed by atoms with Gasteiger partial charge >= 0.3 is 0 Å². The van der Waals surface area contributed by atoms with E-state index in [0.29, 0.717) is 6.61 Å². The molecular formula is C12H16N2O. The number of nitrogens with zero attached hydrogens (tertiary/aromatic N) is 1. The second kappa shape index (κ2) is 5.92. The molecule has 1 aromatic carbocycles. The van der Waals surface area contributed by atoms with Crippen molar-refractivity contribution in [3.05, 3.63) is 24.3 Å². The van der Waals surface area contributed by atoms with Crippen LogP contribution in [0.15, 0.2) is 24.3 Å². The topological polar surface area (TPSA) is 45.0 Å². The van der Waals surface area contributed by atoms with Gasteiger partial charge in [0.2, 0.25) is 0 Å². The average Bonchev–Trinajstić information content (AvgIpc) is 2.27. The van der Waals surface area contributed by atoms with Crippen molar-refractivity contribution < 1.29 is 4.74 Å². The van der Waals surface area contributed by atoms with Crippen LogP contribution >= 0.6 is 0 Å². The highest BCUT2D eigenvalue weighted by Crippen LogP contribution is 2.18. The number of hydrogen-bond acceptors (Lipinski definition) is 3. The van der Waals surface area contributed by atoms with Gasteiger partial charge in [0.05, 0.1) is 12.7 Å². The monoisotopic (exact) mass is 204 g/mol. The predicted molar refractivity (Wildman–Crippen MR) is 60.9 cm³/mol. The van der Waals surface area contributed by atoms with Crippen LogP contribution in [0.3, 0.4) is 0 Å². The van der Waals surface area contributed by atoms with Gasteiger partial charge in [-0.2, -0.15) is 5.26 Å². The van der Waals surface area contributed by atoms with Crippen LogP contribution in [0.5, 0.6) is 5.75 Å². The van der Waals surface area contributed by atoms with E-state index in [9.17, 15) is 0 Å². The Hall–Kier alpha value is -1.69. The lowest BCUT2D eigenvalue weighted by atomic mass is 10.2.